The van der Waals surface area contributed by atoms with Crippen molar-refractivity contribution < 1.29 is 8.76 Å². The second-order valence-electron chi connectivity index (χ2n) is 2.43. The van der Waals surface area contributed by atoms with E-state index in [1.54, 1.807) is 12.2 Å². The third-order valence-electron chi connectivity index (χ3n) is 1.65. The van der Waals surface area contributed by atoms with E-state index in [0.29, 0.717) is 17.1 Å². The van der Waals surface area contributed by atoms with E-state index in [-0.39, 0.29) is 0 Å². The number of rotatable bonds is 2. The van der Waals surface area contributed by atoms with Gasteiger partial charge in [0.15, 0.2) is 0 Å². The summed E-state index contributed by atoms with van der Waals surface area (Å²) in [6.07, 6.45) is 6.44. The summed E-state index contributed by atoms with van der Waals surface area (Å²) >= 11 is -2.09. The Kier molecular flexibility index (Phi) is 3.08. The first kappa shape index (κ1) is 8.75. The van der Waals surface area contributed by atoms with Gasteiger partial charge in [0.1, 0.15) is 0 Å². The van der Waals surface area contributed by atoms with Gasteiger partial charge < -0.3 is 4.55 Å². The van der Waals surface area contributed by atoms with E-state index in [4.69, 9.17) is 7.85 Å². The summed E-state index contributed by atoms with van der Waals surface area (Å²) in [5.74, 6) is 0.308. The Morgan fingerprint density at radius 1 is 1.82 bits per heavy atom. The Bertz CT molecular complexity index is 222. The zero-order chi connectivity index (χ0) is 8.27. The van der Waals surface area contributed by atoms with Gasteiger partial charge in [-0.15, -0.1) is 0 Å². The van der Waals surface area contributed by atoms with Crippen molar-refractivity contribution in [2.75, 3.05) is 0 Å². The normalized spacial score (nSPS) is 26.3. The molecule has 2 nitrogen and oxygen atoms in total. The fourth-order valence-electron chi connectivity index (χ4n) is 0.943. The van der Waals surface area contributed by atoms with Gasteiger partial charge in [0.25, 0.3) is 0 Å². The van der Waals surface area contributed by atoms with Crippen molar-refractivity contribution in [1.29, 1.82) is 0 Å². The summed E-state index contributed by atoms with van der Waals surface area (Å²) < 4.78 is 20.8. The van der Waals surface area contributed by atoms with Crippen LogP contribution in [0.15, 0.2) is 23.1 Å². The summed E-state index contributed by atoms with van der Waals surface area (Å²) in [7, 11) is 5.39. The van der Waals surface area contributed by atoms with Crippen LogP contribution >= 0.6 is 0 Å². The standard InChI is InChI=1S/C7H9BO2S/c8-5-6-1-3-7(4-2-6)11(9)10/h1,3-4,6H,2,5H2,(H,9,10)/p-1. The van der Waals surface area contributed by atoms with Gasteiger partial charge in [-0.2, -0.15) is 0 Å². The van der Waals surface area contributed by atoms with Crippen LogP contribution < -0.4 is 0 Å². The van der Waals surface area contributed by atoms with Gasteiger partial charge in [0.2, 0.25) is 0 Å². The number of allylic oxidation sites excluding steroid dienone is 3. The highest BCUT2D eigenvalue weighted by Crippen LogP contribution is 2.19. The molecule has 0 saturated heterocycles. The van der Waals surface area contributed by atoms with Crippen molar-refractivity contribution in [3.8, 4) is 0 Å². The molecule has 2 radical (unpaired) electrons. The molecule has 4 heteroatoms. The average molecular weight is 167 g/mol. The van der Waals surface area contributed by atoms with Crippen molar-refractivity contribution in [2.45, 2.75) is 12.7 Å². The van der Waals surface area contributed by atoms with E-state index in [9.17, 15) is 8.76 Å². The van der Waals surface area contributed by atoms with E-state index >= 15 is 0 Å². The molecule has 1 rings (SSSR count). The van der Waals surface area contributed by atoms with Gasteiger partial charge in [-0.25, -0.2) is 0 Å². The van der Waals surface area contributed by atoms with Gasteiger partial charge in [0, 0.05) is 4.91 Å². The summed E-state index contributed by atoms with van der Waals surface area (Å²) in [5.41, 5.74) is 0. The molecule has 0 aromatic rings. The molecule has 0 saturated carbocycles. The Morgan fingerprint density at radius 3 is 2.91 bits per heavy atom. The molecule has 11 heavy (non-hydrogen) atoms. The van der Waals surface area contributed by atoms with Crippen molar-refractivity contribution >= 4 is 18.9 Å². The van der Waals surface area contributed by atoms with Crippen molar-refractivity contribution in [1.82, 2.24) is 0 Å². The van der Waals surface area contributed by atoms with Crippen LogP contribution in [0.1, 0.15) is 6.42 Å². The molecule has 2 atom stereocenters. The van der Waals surface area contributed by atoms with Crippen LogP contribution in [0.5, 0.6) is 0 Å². The van der Waals surface area contributed by atoms with Crippen LogP contribution in [0.2, 0.25) is 6.32 Å². The SMILES string of the molecule is [B]CC1C=CC(S(=O)[O-])=CC1. The van der Waals surface area contributed by atoms with E-state index in [1.165, 1.54) is 0 Å². The maximum absolute atomic E-state index is 10.4. The molecule has 0 aromatic heterocycles. The molecule has 0 heterocycles. The lowest BCUT2D eigenvalue weighted by molar-refractivity contribution is 0.543. The molecular weight excluding hydrogens is 159 g/mol. The first-order chi connectivity index (χ1) is 5.24. The minimum atomic E-state index is -2.09. The highest BCUT2D eigenvalue weighted by molar-refractivity contribution is 7.83. The van der Waals surface area contributed by atoms with Crippen LogP contribution in [0.25, 0.3) is 0 Å². The topological polar surface area (TPSA) is 40.1 Å². The molecule has 2 unspecified atom stereocenters. The third kappa shape index (κ3) is 2.31. The van der Waals surface area contributed by atoms with E-state index in [0.717, 1.165) is 6.42 Å². The van der Waals surface area contributed by atoms with Crippen LogP contribution in [0.4, 0.5) is 0 Å². The Balaban J connectivity index is 2.60. The Morgan fingerprint density at radius 2 is 2.55 bits per heavy atom. The second-order valence-corrected chi connectivity index (χ2v) is 3.37. The minimum absolute atomic E-state index is 0.308. The van der Waals surface area contributed by atoms with Crippen molar-refractivity contribution in [2.24, 2.45) is 5.92 Å². The molecule has 0 fully saturated rings. The molecule has 0 aliphatic heterocycles. The fourth-order valence-corrected chi connectivity index (χ4v) is 1.37. The van der Waals surface area contributed by atoms with Gasteiger partial charge >= 0.3 is 0 Å². The van der Waals surface area contributed by atoms with Gasteiger partial charge in [-0.1, -0.05) is 24.5 Å². The van der Waals surface area contributed by atoms with Crippen LogP contribution in [-0.4, -0.2) is 16.6 Å². The number of hydrogen-bond donors (Lipinski definition) is 0. The molecule has 0 spiro atoms. The quantitative estimate of drug-likeness (QED) is 0.453. The molecule has 0 bridgehead atoms. The molecule has 0 N–H and O–H groups in total. The van der Waals surface area contributed by atoms with E-state index < -0.39 is 11.1 Å². The molecule has 1 aliphatic rings. The van der Waals surface area contributed by atoms with Crippen LogP contribution in [-0.2, 0) is 11.1 Å². The first-order valence-corrected chi connectivity index (χ1v) is 4.49. The van der Waals surface area contributed by atoms with Crippen molar-refractivity contribution in [3.05, 3.63) is 23.1 Å². The first-order valence-electron chi connectivity index (χ1n) is 3.41. The fraction of sp³-hybridized carbons (Fsp3) is 0.429. The zero-order valence-electron chi connectivity index (χ0n) is 6.03. The summed E-state index contributed by atoms with van der Waals surface area (Å²) in [4.78, 5) is 0.370. The van der Waals surface area contributed by atoms with Crippen LogP contribution in [0.3, 0.4) is 0 Å². The smallest absolute Gasteiger partial charge is 0.0661 e. The molecular formula is C7H8BO2S-. The summed E-state index contributed by atoms with van der Waals surface area (Å²) in [5, 5.41) is 0. The lowest BCUT2D eigenvalue weighted by atomic mass is 9.87. The maximum atomic E-state index is 10.4. The summed E-state index contributed by atoms with van der Waals surface area (Å²) in [6, 6.07) is 0. The largest absolute Gasteiger partial charge is 0.768 e. The molecule has 0 amide bonds. The second kappa shape index (κ2) is 3.88. The predicted octanol–water partition coefficient (Wildman–Crippen LogP) is 0.912. The third-order valence-corrected chi connectivity index (χ3v) is 2.34. The molecule has 58 valence electrons. The van der Waals surface area contributed by atoms with Crippen molar-refractivity contribution in [3.63, 3.8) is 0 Å². The highest BCUT2D eigenvalue weighted by Gasteiger charge is 2.05. The average Bonchev–Trinajstić information content (AvgIpc) is 2.05. The van der Waals surface area contributed by atoms with Gasteiger partial charge in [-0.3, -0.25) is 4.21 Å². The molecule has 0 aromatic carbocycles. The number of hydrogen-bond acceptors (Lipinski definition) is 2. The Labute approximate surface area is 70.1 Å². The van der Waals surface area contributed by atoms with Crippen LogP contribution in [0, 0.1) is 5.92 Å². The highest BCUT2D eigenvalue weighted by atomic mass is 32.2. The monoisotopic (exact) mass is 167 g/mol. The molecule has 1 aliphatic carbocycles. The van der Waals surface area contributed by atoms with Gasteiger partial charge in [-0.05, 0) is 23.4 Å². The van der Waals surface area contributed by atoms with Gasteiger partial charge in [0.05, 0.1) is 7.85 Å². The zero-order valence-corrected chi connectivity index (χ0v) is 6.84. The summed E-state index contributed by atoms with van der Waals surface area (Å²) in [6.45, 7) is 0. The maximum Gasteiger partial charge on any atom is 0.0661 e. The lowest BCUT2D eigenvalue weighted by Gasteiger charge is -2.15. The van der Waals surface area contributed by atoms with E-state index in [1.807, 2.05) is 6.08 Å². The Hall–Kier alpha value is -0.345. The van der Waals surface area contributed by atoms with E-state index in [2.05, 4.69) is 0 Å². The minimum Gasteiger partial charge on any atom is -0.768 e. The lowest BCUT2D eigenvalue weighted by Crippen LogP contribution is -2.01. The predicted molar refractivity (Wildman–Crippen MR) is 44.8 cm³/mol.